The minimum absolute atomic E-state index is 0.0988. The molecule has 0 radical (unpaired) electrons. The summed E-state index contributed by atoms with van der Waals surface area (Å²) >= 11 is 1.45. The number of hydrogen-bond donors (Lipinski definition) is 2. The van der Waals surface area contributed by atoms with E-state index in [4.69, 9.17) is 4.55 Å². The van der Waals surface area contributed by atoms with Gasteiger partial charge in [0.2, 0.25) is 0 Å². The van der Waals surface area contributed by atoms with E-state index < -0.39 is 20.9 Å². The van der Waals surface area contributed by atoms with Gasteiger partial charge in [-0.3, -0.25) is 14.3 Å². The number of carbonyl (C=O) groups is 1. The van der Waals surface area contributed by atoms with Crippen LogP contribution < -0.4 is 5.32 Å². The molecule has 0 aliphatic carbocycles. The molecule has 1 aromatic carbocycles. The van der Waals surface area contributed by atoms with Crippen molar-refractivity contribution in [2.24, 2.45) is 4.99 Å². The van der Waals surface area contributed by atoms with E-state index in [0.29, 0.717) is 17.0 Å². The molecule has 1 heterocycles. The molecule has 0 aromatic heterocycles. The monoisotopic (exact) mass is 314 g/mol. The van der Waals surface area contributed by atoms with E-state index in [1.165, 1.54) is 36.0 Å². The van der Waals surface area contributed by atoms with Crippen molar-refractivity contribution in [3.8, 4) is 0 Å². The molecule has 0 fully saturated rings. The number of amides is 1. The van der Waals surface area contributed by atoms with Crippen molar-refractivity contribution < 1.29 is 17.8 Å². The first-order chi connectivity index (χ1) is 9.41. The van der Waals surface area contributed by atoms with E-state index in [1.807, 2.05) is 6.92 Å². The average molecular weight is 314 g/mol. The Hall–Kier alpha value is -1.38. The second-order valence-electron chi connectivity index (χ2n) is 4.22. The van der Waals surface area contributed by atoms with Gasteiger partial charge in [-0.1, -0.05) is 30.8 Å². The fraction of sp³-hybridized carbons (Fsp3) is 0.333. The maximum Gasteiger partial charge on any atom is 0.295 e. The molecule has 2 rings (SSSR count). The minimum Gasteiger partial charge on any atom is -0.301 e. The number of carbonyl (C=O) groups excluding carboxylic acids is 1. The van der Waals surface area contributed by atoms with Crippen LogP contribution in [0.4, 0.5) is 0 Å². The molecule has 1 atom stereocenters. The molecule has 0 saturated heterocycles. The molecule has 2 N–H and O–H groups in total. The van der Waals surface area contributed by atoms with Crippen LogP contribution in [-0.4, -0.2) is 35.8 Å². The van der Waals surface area contributed by atoms with Crippen molar-refractivity contribution >= 4 is 33.0 Å². The molecule has 1 amide bonds. The van der Waals surface area contributed by atoms with Crippen LogP contribution in [0.25, 0.3) is 0 Å². The van der Waals surface area contributed by atoms with Gasteiger partial charge in [0.15, 0.2) is 5.17 Å². The summed E-state index contributed by atoms with van der Waals surface area (Å²) in [5.41, 5.74) is -0.0988. The quantitative estimate of drug-likeness (QED) is 0.825. The fourth-order valence-electron chi connectivity index (χ4n) is 1.74. The second-order valence-corrected chi connectivity index (χ2v) is 6.90. The predicted octanol–water partition coefficient (Wildman–Crippen LogP) is 1.54. The first-order valence-electron chi connectivity index (χ1n) is 6.00. The van der Waals surface area contributed by atoms with Crippen LogP contribution in [0.15, 0.2) is 34.2 Å². The number of nitrogens with zero attached hydrogens (tertiary/aromatic N) is 1. The molecule has 1 aromatic rings. The average Bonchev–Trinajstić information content (AvgIpc) is 2.85. The van der Waals surface area contributed by atoms with Crippen molar-refractivity contribution in [2.45, 2.75) is 23.5 Å². The van der Waals surface area contributed by atoms with Gasteiger partial charge in [-0.05, 0) is 18.6 Å². The SMILES string of the molecule is CCC1CN=C(NC(=O)c2ccccc2S(=O)(=O)O)S1. The zero-order valence-electron chi connectivity index (χ0n) is 10.7. The molecule has 6 nitrogen and oxygen atoms in total. The zero-order chi connectivity index (χ0) is 14.8. The summed E-state index contributed by atoms with van der Waals surface area (Å²) in [5, 5.41) is 3.38. The Kier molecular flexibility index (Phi) is 4.46. The second kappa shape index (κ2) is 5.94. The Balaban J connectivity index is 2.19. The van der Waals surface area contributed by atoms with Gasteiger partial charge in [0.1, 0.15) is 4.90 Å². The summed E-state index contributed by atoms with van der Waals surface area (Å²) in [4.78, 5) is 15.9. The highest BCUT2D eigenvalue weighted by atomic mass is 32.2. The van der Waals surface area contributed by atoms with E-state index >= 15 is 0 Å². The standard InChI is InChI=1S/C12H14N2O4S2/c1-2-8-7-13-12(19-8)14-11(15)9-5-3-4-6-10(9)20(16,17)18/h3-6,8H,2,7H2,1H3,(H,13,14,15)(H,16,17,18). The Morgan fingerprint density at radius 3 is 2.80 bits per heavy atom. The van der Waals surface area contributed by atoms with Gasteiger partial charge in [0, 0.05) is 5.25 Å². The van der Waals surface area contributed by atoms with Gasteiger partial charge in [0.05, 0.1) is 12.1 Å². The van der Waals surface area contributed by atoms with Gasteiger partial charge in [-0.15, -0.1) is 0 Å². The molecule has 0 bridgehead atoms. The summed E-state index contributed by atoms with van der Waals surface area (Å²) < 4.78 is 31.6. The summed E-state index contributed by atoms with van der Waals surface area (Å²) in [6.45, 7) is 2.67. The zero-order valence-corrected chi connectivity index (χ0v) is 12.4. The van der Waals surface area contributed by atoms with Gasteiger partial charge in [-0.25, -0.2) is 0 Å². The van der Waals surface area contributed by atoms with E-state index in [0.717, 1.165) is 6.42 Å². The van der Waals surface area contributed by atoms with Crippen LogP contribution in [0.1, 0.15) is 23.7 Å². The summed E-state index contributed by atoms with van der Waals surface area (Å²) in [5.74, 6) is -0.596. The fourth-order valence-corrected chi connectivity index (χ4v) is 3.36. The van der Waals surface area contributed by atoms with Crippen LogP contribution in [0.2, 0.25) is 0 Å². The number of rotatable bonds is 3. The molecule has 0 saturated carbocycles. The molecule has 0 spiro atoms. The van der Waals surface area contributed by atoms with E-state index in [9.17, 15) is 13.2 Å². The highest BCUT2D eigenvalue weighted by Crippen LogP contribution is 2.23. The van der Waals surface area contributed by atoms with Crippen molar-refractivity contribution in [1.29, 1.82) is 0 Å². The Morgan fingerprint density at radius 1 is 1.50 bits per heavy atom. The normalized spacial score (nSPS) is 18.7. The van der Waals surface area contributed by atoms with Gasteiger partial charge >= 0.3 is 0 Å². The van der Waals surface area contributed by atoms with Crippen LogP contribution >= 0.6 is 11.8 Å². The van der Waals surface area contributed by atoms with Crippen molar-refractivity contribution in [2.75, 3.05) is 6.54 Å². The molecular weight excluding hydrogens is 300 g/mol. The largest absolute Gasteiger partial charge is 0.301 e. The summed E-state index contributed by atoms with van der Waals surface area (Å²) in [7, 11) is -4.44. The van der Waals surface area contributed by atoms with E-state index in [1.54, 1.807) is 0 Å². The maximum atomic E-state index is 12.1. The maximum absolute atomic E-state index is 12.1. The lowest BCUT2D eigenvalue weighted by molar-refractivity contribution is 0.0974. The van der Waals surface area contributed by atoms with Crippen molar-refractivity contribution in [3.63, 3.8) is 0 Å². The third-order valence-corrected chi connectivity index (χ3v) is 4.98. The number of thioether (sulfide) groups is 1. The lowest BCUT2D eigenvalue weighted by Crippen LogP contribution is -2.29. The van der Waals surface area contributed by atoms with Crippen LogP contribution in [0, 0.1) is 0 Å². The minimum atomic E-state index is -4.44. The van der Waals surface area contributed by atoms with E-state index in [-0.39, 0.29) is 5.56 Å². The first kappa shape index (κ1) is 15.0. The number of hydrogen-bond acceptors (Lipinski definition) is 5. The Labute approximate surface area is 121 Å². The molecule has 1 aliphatic rings. The number of aliphatic imine (C=N–C) groups is 1. The van der Waals surface area contributed by atoms with E-state index in [2.05, 4.69) is 10.3 Å². The lowest BCUT2D eigenvalue weighted by atomic mass is 10.2. The van der Waals surface area contributed by atoms with Crippen molar-refractivity contribution in [3.05, 3.63) is 29.8 Å². The van der Waals surface area contributed by atoms with Crippen LogP contribution in [-0.2, 0) is 10.1 Å². The highest BCUT2D eigenvalue weighted by Gasteiger charge is 2.23. The molecular formula is C12H14N2O4S2. The number of amidine groups is 1. The Morgan fingerprint density at radius 2 is 2.20 bits per heavy atom. The van der Waals surface area contributed by atoms with Crippen molar-refractivity contribution in [1.82, 2.24) is 5.32 Å². The summed E-state index contributed by atoms with van der Waals surface area (Å²) in [6, 6.07) is 5.50. The number of benzene rings is 1. The van der Waals surface area contributed by atoms with Gasteiger partial charge < -0.3 is 5.32 Å². The van der Waals surface area contributed by atoms with Crippen LogP contribution in [0.5, 0.6) is 0 Å². The van der Waals surface area contributed by atoms with Gasteiger partial charge in [0.25, 0.3) is 16.0 Å². The third-order valence-electron chi connectivity index (χ3n) is 2.80. The number of nitrogens with one attached hydrogen (secondary N) is 1. The predicted molar refractivity (Wildman–Crippen MR) is 77.7 cm³/mol. The third kappa shape index (κ3) is 3.38. The van der Waals surface area contributed by atoms with Gasteiger partial charge in [-0.2, -0.15) is 8.42 Å². The Bertz CT molecular complexity index is 655. The molecule has 1 unspecified atom stereocenters. The lowest BCUT2D eigenvalue weighted by Gasteiger charge is -2.08. The molecule has 108 valence electrons. The molecule has 1 aliphatic heterocycles. The first-order valence-corrected chi connectivity index (χ1v) is 8.32. The molecule has 8 heteroatoms. The topological polar surface area (TPSA) is 95.8 Å². The molecule has 20 heavy (non-hydrogen) atoms. The van der Waals surface area contributed by atoms with Crippen LogP contribution in [0.3, 0.4) is 0 Å². The summed E-state index contributed by atoms with van der Waals surface area (Å²) in [6.07, 6.45) is 0.940. The highest BCUT2D eigenvalue weighted by molar-refractivity contribution is 8.14. The smallest absolute Gasteiger partial charge is 0.295 e.